The van der Waals surface area contributed by atoms with Crippen LogP contribution in [0.1, 0.15) is 77.2 Å². The van der Waals surface area contributed by atoms with Crippen molar-refractivity contribution in [3.63, 3.8) is 0 Å². The fraction of sp³-hybridized carbons (Fsp3) is 0.625. The molecule has 1 heterocycles. The Balaban J connectivity index is 2.58. The molecule has 0 saturated heterocycles. The maximum Gasteiger partial charge on any atom is 0.340 e. The Morgan fingerprint density at radius 2 is 1.96 bits per heavy atom. The summed E-state index contributed by atoms with van der Waals surface area (Å²) in [7, 11) is 1.28. The molecule has 1 aromatic rings. The van der Waals surface area contributed by atoms with E-state index in [-0.39, 0.29) is 17.3 Å². The zero-order valence-corrected chi connectivity index (χ0v) is 13.8. The van der Waals surface area contributed by atoms with Crippen molar-refractivity contribution in [1.29, 1.82) is 0 Å². The number of methoxy groups -OCH3 is 1. The van der Waals surface area contributed by atoms with E-state index in [2.05, 4.69) is 15.0 Å². The number of carbonyl (C=O) groups is 2. The molecule has 1 saturated carbocycles. The molecule has 1 N–H and O–H groups in total. The largest absolute Gasteiger partial charge is 0.465 e. The average Bonchev–Trinajstić information content (AvgIpc) is 2.89. The van der Waals surface area contributed by atoms with E-state index in [4.69, 9.17) is 10.3 Å². The zero-order valence-electron chi connectivity index (χ0n) is 13.8. The predicted octanol–water partition coefficient (Wildman–Crippen LogP) is 4.24. The highest BCUT2D eigenvalue weighted by atomic mass is 16.5. The number of nitrogens with zero attached hydrogens (tertiary/aromatic N) is 3. The van der Waals surface area contributed by atoms with E-state index in [9.17, 15) is 9.59 Å². The molecule has 1 fully saturated rings. The summed E-state index contributed by atoms with van der Waals surface area (Å²) in [5.74, 6) is -0.627. The molecule has 7 nitrogen and oxygen atoms in total. The van der Waals surface area contributed by atoms with E-state index in [1.54, 1.807) is 6.92 Å². The number of aromatic nitrogens is 1. The van der Waals surface area contributed by atoms with Crippen LogP contribution in [0.3, 0.4) is 0 Å². The number of hydrogen-bond acceptors (Lipinski definition) is 4. The van der Waals surface area contributed by atoms with Crippen LogP contribution in [0.4, 0.5) is 0 Å². The topological polar surface area (TPSA) is 108 Å². The highest BCUT2D eigenvalue weighted by molar-refractivity contribution is 6.07. The van der Waals surface area contributed by atoms with E-state index >= 15 is 0 Å². The van der Waals surface area contributed by atoms with Gasteiger partial charge in [-0.25, -0.2) is 4.79 Å². The van der Waals surface area contributed by atoms with Gasteiger partial charge >= 0.3 is 5.97 Å². The first kappa shape index (κ1) is 17.1. The third kappa shape index (κ3) is 3.40. The van der Waals surface area contributed by atoms with Crippen LogP contribution in [0.5, 0.6) is 0 Å². The van der Waals surface area contributed by atoms with Crippen LogP contribution < -0.4 is 0 Å². The minimum absolute atomic E-state index is 0.168. The molecular weight excluding hydrogens is 296 g/mol. The van der Waals surface area contributed by atoms with Crippen molar-refractivity contribution in [1.82, 2.24) is 4.98 Å². The maximum atomic E-state index is 12.2. The Morgan fingerprint density at radius 1 is 1.30 bits per heavy atom. The number of nitrogens with one attached hydrogen (secondary N) is 1. The first-order valence-corrected chi connectivity index (χ1v) is 7.87. The van der Waals surface area contributed by atoms with Gasteiger partial charge in [-0.15, -0.1) is 0 Å². The van der Waals surface area contributed by atoms with Gasteiger partial charge in [-0.3, -0.25) is 4.79 Å². The maximum absolute atomic E-state index is 12.2. The lowest BCUT2D eigenvalue weighted by Gasteiger charge is -2.27. The highest BCUT2D eigenvalue weighted by Crippen LogP contribution is 2.39. The van der Waals surface area contributed by atoms with Crippen molar-refractivity contribution < 1.29 is 14.3 Å². The van der Waals surface area contributed by atoms with Gasteiger partial charge < -0.3 is 9.72 Å². The number of esters is 1. The zero-order chi connectivity index (χ0) is 17.0. The number of rotatable bonds is 5. The minimum atomic E-state index is -0.580. The van der Waals surface area contributed by atoms with Crippen molar-refractivity contribution in [3.05, 3.63) is 33.0 Å². The first-order valence-electron chi connectivity index (χ1n) is 7.87. The third-order valence-corrected chi connectivity index (χ3v) is 4.53. The lowest BCUT2D eigenvalue weighted by Crippen LogP contribution is -2.18. The van der Waals surface area contributed by atoms with E-state index in [0.717, 1.165) is 25.7 Å². The fourth-order valence-electron chi connectivity index (χ4n) is 3.52. The summed E-state index contributed by atoms with van der Waals surface area (Å²) in [4.78, 5) is 30.3. The lowest BCUT2D eigenvalue weighted by atomic mass is 9.82. The minimum Gasteiger partial charge on any atom is -0.465 e. The van der Waals surface area contributed by atoms with Crippen LogP contribution in [0.2, 0.25) is 0 Å². The third-order valence-electron chi connectivity index (χ3n) is 4.53. The molecule has 1 aliphatic rings. The molecule has 0 spiro atoms. The second-order valence-corrected chi connectivity index (χ2v) is 6.01. The summed E-state index contributed by atoms with van der Waals surface area (Å²) in [5.41, 5.74) is 10.6. The van der Waals surface area contributed by atoms with E-state index < -0.39 is 12.0 Å². The molecule has 0 aliphatic heterocycles. The van der Waals surface area contributed by atoms with Crippen LogP contribution in [0, 0.1) is 12.8 Å². The van der Waals surface area contributed by atoms with Crippen LogP contribution in [0.25, 0.3) is 10.4 Å². The van der Waals surface area contributed by atoms with Crippen molar-refractivity contribution in [2.24, 2.45) is 11.0 Å². The molecule has 0 amide bonds. The van der Waals surface area contributed by atoms with Gasteiger partial charge in [0.2, 0.25) is 0 Å². The van der Waals surface area contributed by atoms with Gasteiger partial charge in [0.25, 0.3) is 0 Å². The molecular formula is C16H22N4O3. The summed E-state index contributed by atoms with van der Waals surface area (Å²) in [5, 5.41) is 3.94. The average molecular weight is 318 g/mol. The molecule has 0 radical (unpaired) electrons. The number of azide groups is 1. The number of ether oxygens (including phenoxy) is 1. The van der Waals surface area contributed by atoms with Gasteiger partial charge in [-0.2, -0.15) is 0 Å². The second kappa shape index (κ2) is 7.33. The second-order valence-electron chi connectivity index (χ2n) is 6.01. The molecule has 1 unspecified atom stereocenters. The van der Waals surface area contributed by atoms with E-state index in [1.807, 2.05) is 0 Å². The fourth-order valence-corrected chi connectivity index (χ4v) is 3.52. The molecule has 0 bridgehead atoms. The molecule has 23 heavy (non-hydrogen) atoms. The number of H-pyrrole nitrogens is 1. The summed E-state index contributed by atoms with van der Waals surface area (Å²) in [6.45, 7) is 3.15. The van der Waals surface area contributed by atoms with Crippen molar-refractivity contribution >= 4 is 11.8 Å². The van der Waals surface area contributed by atoms with Crippen molar-refractivity contribution in [2.75, 3.05) is 7.11 Å². The molecule has 7 heteroatoms. The van der Waals surface area contributed by atoms with Crippen LogP contribution >= 0.6 is 0 Å². The Labute approximate surface area is 135 Å². The van der Waals surface area contributed by atoms with Crippen LogP contribution in [-0.2, 0) is 4.74 Å². The monoisotopic (exact) mass is 318 g/mol. The Kier molecular flexibility index (Phi) is 5.45. The van der Waals surface area contributed by atoms with E-state index in [0.29, 0.717) is 17.0 Å². The SMILES string of the molecule is COC(=O)c1c(C(N=[N+]=[N-])C2CCCCC2)[nH]c(C)c1C(C)=O. The first-order chi connectivity index (χ1) is 11.0. The molecule has 1 aliphatic carbocycles. The Morgan fingerprint density at radius 3 is 2.48 bits per heavy atom. The molecule has 124 valence electrons. The van der Waals surface area contributed by atoms with Crippen LogP contribution in [0.15, 0.2) is 5.11 Å². The van der Waals surface area contributed by atoms with E-state index in [1.165, 1.54) is 20.5 Å². The Hall–Kier alpha value is -2.27. The van der Waals surface area contributed by atoms with Gasteiger partial charge in [0.15, 0.2) is 5.78 Å². The highest BCUT2D eigenvalue weighted by Gasteiger charge is 2.33. The number of Topliss-reactive ketones (excluding diaryl/α,β-unsaturated/α-hetero) is 1. The van der Waals surface area contributed by atoms with Crippen molar-refractivity contribution in [3.8, 4) is 0 Å². The number of hydrogen-bond donors (Lipinski definition) is 1. The summed E-state index contributed by atoms with van der Waals surface area (Å²) in [6.07, 6.45) is 5.21. The quantitative estimate of drug-likeness (QED) is 0.288. The summed E-state index contributed by atoms with van der Waals surface area (Å²) < 4.78 is 4.85. The lowest BCUT2D eigenvalue weighted by molar-refractivity contribution is 0.0595. The molecule has 2 rings (SSSR count). The van der Waals surface area contributed by atoms with Gasteiger partial charge in [-0.05, 0) is 38.1 Å². The smallest absolute Gasteiger partial charge is 0.340 e. The number of aryl methyl sites for hydroxylation is 1. The van der Waals surface area contributed by atoms with Crippen molar-refractivity contribution in [2.45, 2.75) is 52.0 Å². The predicted molar refractivity (Wildman–Crippen MR) is 85.3 cm³/mol. The molecule has 0 aromatic carbocycles. The van der Waals surface area contributed by atoms with Gasteiger partial charge in [0, 0.05) is 16.3 Å². The van der Waals surface area contributed by atoms with Gasteiger partial charge in [0.1, 0.15) is 0 Å². The van der Waals surface area contributed by atoms with Gasteiger partial charge in [-0.1, -0.05) is 24.4 Å². The number of aromatic amines is 1. The molecule has 1 aromatic heterocycles. The number of carbonyl (C=O) groups excluding carboxylic acids is 2. The number of ketones is 1. The normalized spacial score (nSPS) is 16.5. The molecule has 1 atom stereocenters. The summed E-state index contributed by atoms with van der Waals surface area (Å²) >= 11 is 0. The van der Waals surface area contributed by atoms with Crippen LogP contribution in [-0.4, -0.2) is 23.8 Å². The summed E-state index contributed by atoms with van der Waals surface area (Å²) in [6, 6.07) is -0.485. The van der Waals surface area contributed by atoms with Gasteiger partial charge in [0.05, 0.1) is 24.3 Å². The Bertz CT molecular complexity index is 653. The standard InChI is InChI=1S/C16H22N4O3/c1-9-12(10(2)21)13(16(22)23-3)15(18-9)14(19-20-17)11-7-5-4-6-8-11/h11,14,18H,4-8H2,1-3H3.